The molecular formula is C17H18ClFIN3O. The molecule has 0 aliphatic heterocycles. The summed E-state index contributed by atoms with van der Waals surface area (Å²) in [7, 11) is 1.88. The topological polar surface area (TPSA) is 46.1 Å². The van der Waals surface area contributed by atoms with Crippen LogP contribution in [0.5, 0.6) is 0 Å². The van der Waals surface area contributed by atoms with Gasteiger partial charge < -0.3 is 9.88 Å². The minimum atomic E-state index is -0.502. The van der Waals surface area contributed by atoms with E-state index in [2.05, 4.69) is 31.7 Å². The predicted molar refractivity (Wildman–Crippen MR) is 102 cm³/mol. The largest absolute Gasteiger partial charge is 0.346 e. The molecule has 0 saturated heterocycles. The average molecular weight is 462 g/mol. The van der Waals surface area contributed by atoms with Crippen LogP contribution in [0.15, 0.2) is 24.4 Å². The summed E-state index contributed by atoms with van der Waals surface area (Å²) >= 11 is 7.96. The molecule has 24 heavy (non-hydrogen) atoms. The molecule has 1 unspecified atom stereocenters. The van der Waals surface area contributed by atoms with Gasteiger partial charge in [0.1, 0.15) is 11.5 Å². The van der Waals surface area contributed by atoms with Gasteiger partial charge in [-0.15, -0.1) is 0 Å². The Kier molecular flexibility index (Phi) is 5.46. The molecule has 1 aromatic heterocycles. The van der Waals surface area contributed by atoms with E-state index >= 15 is 0 Å². The van der Waals surface area contributed by atoms with E-state index in [1.807, 2.05) is 17.8 Å². The lowest BCUT2D eigenvalue weighted by molar-refractivity contribution is 0.101. The molecule has 0 spiro atoms. The summed E-state index contributed by atoms with van der Waals surface area (Å²) in [6, 6.07) is 4.44. The maximum Gasteiger partial charge on any atom is 0.272 e. The van der Waals surface area contributed by atoms with Gasteiger partial charge in [-0.05, 0) is 48.6 Å². The summed E-state index contributed by atoms with van der Waals surface area (Å²) in [5.74, 6) is -0.700. The quantitative estimate of drug-likeness (QED) is 0.393. The van der Waals surface area contributed by atoms with E-state index in [1.54, 1.807) is 0 Å². The van der Waals surface area contributed by atoms with E-state index in [0.717, 1.165) is 31.2 Å². The van der Waals surface area contributed by atoms with Crippen molar-refractivity contribution in [1.82, 2.24) is 8.10 Å². The number of halogens is 3. The van der Waals surface area contributed by atoms with Gasteiger partial charge >= 0.3 is 0 Å². The Morgan fingerprint density at radius 3 is 2.92 bits per heavy atom. The summed E-state index contributed by atoms with van der Waals surface area (Å²) in [5.41, 5.74) is 3.42. The van der Waals surface area contributed by atoms with Gasteiger partial charge in [0.05, 0.1) is 5.02 Å². The number of aryl methyl sites for hydroxylation is 1. The van der Waals surface area contributed by atoms with Gasteiger partial charge in [0.2, 0.25) is 0 Å². The van der Waals surface area contributed by atoms with Crippen molar-refractivity contribution in [2.75, 3.05) is 5.32 Å². The molecule has 4 nitrogen and oxygen atoms in total. The first kappa shape index (κ1) is 17.7. The number of fused-ring (bicyclic) bond motifs is 1. The SMILES string of the molecule is Cn1cc2c(c1C(=O)Nc1ccc(F)c(Cl)c1)CCCCC2NI. The van der Waals surface area contributed by atoms with Gasteiger partial charge in [0, 0.05) is 47.8 Å². The van der Waals surface area contributed by atoms with Crippen molar-refractivity contribution in [2.24, 2.45) is 7.05 Å². The third-order valence-corrected chi connectivity index (χ3v) is 5.43. The van der Waals surface area contributed by atoms with Gasteiger partial charge in [-0.3, -0.25) is 8.32 Å². The first-order valence-corrected chi connectivity index (χ1v) is 9.27. The lowest BCUT2D eigenvalue weighted by Crippen LogP contribution is -2.17. The number of rotatable bonds is 3. The zero-order chi connectivity index (χ0) is 17.3. The number of amides is 1. The molecule has 0 fully saturated rings. The van der Waals surface area contributed by atoms with E-state index in [9.17, 15) is 9.18 Å². The molecule has 7 heteroatoms. The van der Waals surface area contributed by atoms with E-state index < -0.39 is 5.82 Å². The van der Waals surface area contributed by atoms with Crippen molar-refractivity contribution in [3.63, 3.8) is 0 Å². The normalized spacial score (nSPS) is 17.2. The zero-order valence-corrected chi connectivity index (χ0v) is 16.1. The molecule has 1 aliphatic rings. The second-order valence-corrected chi connectivity index (χ2v) is 7.04. The third kappa shape index (κ3) is 3.45. The summed E-state index contributed by atoms with van der Waals surface area (Å²) in [6.45, 7) is 0. The monoisotopic (exact) mass is 461 g/mol. The molecule has 2 aromatic rings. The number of benzene rings is 1. The molecule has 2 N–H and O–H groups in total. The van der Waals surface area contributed by atoms with Gasteiger partial charge in [0.25, 0.3) is 5.91 Å². The maximum absolute atomic E-state index is 13.3. The number of hydrogen-bond donors (Lipinski definition) is 2. The number of hydrogen-bond acceptors (Lipinski definition) is 2. The fourth-order valence-corrected chi connectivity index (χ4v) is 4.07. The van der Waals surface area contributed by atoms with Crippen LogP contribution in [0.25, 0.3) is 0 Å². The number of aromatic nitrogens is 1. The molecule has 3 rings (SSSR count). The van der Waals surface area contributed by atoms with Crippen molar-refractivity contribution in [3.05, 3.63) is 52.1 Å². The Bertz CT molecular complexity index is 777. The van der Waals surface area contributed by atoms with Crippen molar-refractivity contribution < 1.29 is 9.18 Å². The predicted octanol–water partition coefficient (Wildman–Crippen LogP) is 4.78. The average Bonchev–Trinajstić information content (AvgIpc) is 2.74. The van der Waals surface area contributed by atoms with Crippen molar-refractivity contribution in [3.8, 4) is 0 Å². The Labute approximate surface area is 159 Å². The fraction of sp³-hybridized carbons (Fsp3) is 0.353. The lowest BCUT2D eigenvalue weighted by atomic mass is 10.0. The van der Waals surface area contributed by atoms with Crippen LogP contribution in [-0.4, -0.2) is 10.5 Å². The van der Waals surface area contributed by atoms with Crippen LogP contribution in [0.1, 0.15) is 46.9 Å². The second-order valence-electron chi connectivity index (χ2n) is 6.01. The first-order valence-electron chi connectivity index (χ1n) is 7.82. The molecule has 128 valence electrons. The van der Waals surface area contributed by atoms with Crippen LogP contribution in [-0.2, 0) is 13.5 Å². The smallest absolute Gasteiger partial charge is 0.272 e. The van der Waals surface area contributed by atoms with E-state index in [0.29, 0.717) is 11.4 Å². The van der Waals surface area contributed by atoms with Crippen LogP contribution in [0.4, 0.5) is 10.1 Å². The highest BCUT2D eigenvalue weighted by Gasteiger charge is 2.26. The fourth-order valence-electron chi connectivity index (χ4n) is 3.24. The Morgan fingerprint density at radius 1 is 1.42 bits per heavy atom. The van der Waals surface area contributed by atoms with Gasteiger partial charge in [-0.2, -0.15) is 0 Å². The van der Waals surface area contributed by atoms with Gasteiger partial charge in [0.15, 0.2) is 0 Å². The standard InChI is InChI=1S/C17H18ClFIN3O/c1-23-9-12-11(4-2-3-5-15(12)22-20)16(23)17(24)21-10-6-7-14(19)13(18)8-10/h6-9,15,22H,2-5H2,1H3,(H,21,24). The second kappa shape index (κ2) is 7.41. The number of carbonyl (C=O) groups is 1. The Hall–Kier alpha value is -1.12. The van der Waals surface area contributed by atoms with E-state index in [4.69, 9.17) is 11.6 Å². The highest BCUT2D eigenvalue weighted by Crippen LogP contribution is 2.33. The number of anilines is 1. The Morgan fingerprint density at radius 2 is 2.21 bits per heavy atom. The summed E-state index contributed by atoms with van der Waals surface area (Å²) in [6.07, 6.45) is 6.18. The number of nitrogens with one attached hydrogen (secondary N) is 2. The van der Waals surface area contributed by atoms with Crippen LogP contribution in [0.3, 0.4) is 0 Å². The summed E-state index contributed by atoms with van der Waals surface area (Å²) in [4.78, 5) is 12.8. The molecule has 0 saturated carbocycles. The summed E-state index contributed by atoms with van der Waals surface area (Å²) < 4.78 is 18.5. The van der Waals surface area contributed by atoms with Gasteiger partial charge in [-0.1, -0.05) is 18.0 Å². The maximum atomic E-state index is 13.3. The molecular weight excluding hydrogens is 444 g/mol. The van der Waals surface area contributed by atoms with Crippen molar-refractivity contribution in [1.29, 1.82) is 0 Å². The number of nitrogens with zero attached hydrogens (tertiary/aromatic N) is 1. The minimum absolute atomic E-state index is 0.00677. The first-order chi connectivity index (χ1) is 11.5. The van der Waals surface area contributed by atoms with Crippen LogP contribution in [0, 0.1) is 5.82 Å². The molecule has 1 amide bonds. The molecule has 1 heterocycles. The highest BCUT2D eigenvalue weighted by atomic mass is 127. The van der Waals surface area contributed by atoms with Crippen LogP contribution in [0.2, 0.25) is 5.02 Å². The highest BCUT2D eigenvalue weighted by molar-refractivity contribution is 14.1. The van der Waals surface area contributed by atoms with Gasteiger partial charge in [-0.25, -0.2) is 4.39 Å². The zero-order valence-electron chi connectivity index (χ0n) is 13.2. The number of carbonyl (C=O) groups excluding carboxylic acids is 1. The molecule has 0 bridgehead atoms. The third-order valence-electron chi connectivity index (χ3n) is 4.39. The molecule has 1 aliphatic carbocycles. The molecule has 1 aromatic carbocycles. The van der Waals surface area contributed by atoms with Crippen LogP contribution >= 0.6 is 34.5 Å². The summed E-state index contributed by atoms with van der Waals surface area (Å²) in [5, 5.41) is 2.82. The lowest BCUT2D eigenvalue weighted by Gasteiger charge is -2.12. The van der Waals surface area contributed by atoms with E-state index in [-0.39, 0.29) is 17.0 Å². The van der Waals surface area contributed by atoms with E-state index in [1.165, 1.54) is 23.8 Å². The van der Waals surface area contributed by atoms with Crippen LogP contribution < -0.4 is 8.85 Å². The van der Waals surface area contributed by atoms with Crippen molar-refractivity contribution >= 4 is 46.1 Å². The Balaban J connectivity index is 1.92. The molecule has 1 atom stereocenters. The van der Waals surface area contributed by atoms with Crippen molar-refractivity contribution in [2.45, 2.75) is 31.7 Å². The molecule has 0 radical (unpaired) electrons. The minimum Gasteiger partial charge on any atom is -0.346 e.